The minimum absolute atomic E-state index is 0.101. The molecule has 12 aromatic rings. The van der Waals surface area contributed by atoms with Crippen molar-refractivity contribution in [2.45, 2.75) is 156 Å². The second-order valence-corrected chi connectivity index (χ2v) is 33.7. The predicted octanol–water partition coefficient (Wildman–Crippen LogP) is 17.4. The number of hydrogen-bond donors (Lipinski definition) is 4. The van der Waals surface area contributed by atoms with Gasteiger partial charge in [-0.15, -0.1) is 40.8 Å². The second-order valence-electron chi connectivity index (χ2n) is 26.5. The van der Waals surface area contributed by atoms with E-state index in [2.05, 4.69) is 82.0 Å². The molecule has 0 bridgehead atoms. The number of ether oxygens (including phenoxy) is 2. The first-order chi connectivity index (χ1) is 53.9. The van der Waals surface area contributed by atoms with Gasteiger partial charge in [-0.25, -0.2) is 13.8 Å². The van der Waals surface area contributed by atoms with Crippen molar-refractivity contribution in [2.75, 3.05) is 35.5 Å². The maximum atomic E-state index is 13.6. The van der Waals surface area contributed by atoms with Gasteiger partial charge in [0.25, 0.3) is 0 Å². The van der Waals surface area contributed by atoms with Crippen LogP contribution in [0.3, 0.4) is 0 Å². The molecule has 0 unspecified atom stereocenters. The Morgan fingerprint density at radius 1 is 0.389 bits per heavy atom. The number of carbonyl (C=O) groups is 4. The quantitative estimate of drug-likeness (QED) is 0.0366. The zero-order valence-corrected chi connectivity index (χ0v) is 69.6. The van der Waals surface area contributed by atoms with Gasteiger partial charge in [0.15, 0.2) is 55.6 Å². The van der Waals surface area contributed by atoms with E-state index in [-0.39, 0.29) is 29.3 Å². The fourth-order valence-electron chi connectivity index (χ4n) is 10.2. The van der Waals surface area contributed by atoms with Gasteiger partial charge in [0, 0.05) is 91.3 Å². The molecule has 0 aliphatic heterocycles. The fourth-order valence-corrected chi connectivity index (χ4v) is 14.5. The van der Waals surface area contributed by atoms with E-state index in [1.165, 1.54) is 53.2 Å². The van der Waals surface area contributed by atoms with Crippen molar-refractivity contribution in [1.29, 1.82) is 0 Å². The molecule has 4 aromatic carbocycles. The largest absolute Gasteiger partial charge is 0.497 e. The molecule has 8 aromatic heterocycles. The molecule has 0 fully saturated rings. The van der Waals surface area contributed by atoms with Gasteiger partial charge in [-0.05, 0) is 151 Å². The molecule has 4 amide bonds. The van der Waals surface area contributed by atoms with Crippen LogP contribution in [-0.2, 0) is 45.4 Å². The van der Waals surface area contributed by atoms with Crippen molar-refractivity contribution in [3.05, 3.63) is 204 Å². The Balaban J connectivity index is 0.000000173. The first kappa shape index (κ1) is 86.3. The van der Waals surface area contributed by atoms with Crippen LogP contribution in [0.4, 0.5) is 31.5 Å². The molecule has 0 saturated carbocycles. The maximum absolute atomic E-state index is 13.6. The van der Waals surface area contributed by atoms with Crippen LogP contribution in [0.1, 0.15) is 88.6 Å². The van der Waals surface area contributed by atoms with E-state index in [0.29, 0.717) is 109 Å². The van der Waals surface area contributed by atoms with Crippen molar-refractivity contribution in [2.24, 2.45) is 0 Å². The highest BCUT2D eigenvalue weighted by atomic mass is 35.5. The van der Waals surface area contributed by atoms with Crippen LogP contribution >= 0.6 is 70.2 Å². The van der Waals surface area contributed by atoms with Gasteiger partial charge in [0.2, 0.25) is 23.6 Å². The molecular weight excluding hydrogens is 1560 g/mol. The van der Waals surface area contributed by atoms with E-state index in [1.807, 2.05) is 211 Å². The molecule has 8 heterocycles. The number of anilines is 4. The number of nitrogens with one attached hydrogen (secondary N) is 4. The lowest BCUT2D eigenvalue weighted by Crippen LogP contribution is -2.34. The number of nitrogens with zero attached hydrogens (tertiary/aromatic N) is 16. The fraction of sp³-hybridized carbons (Fsp3) is 0.291. The van der Waals surface area contributed by atoms with E-state index in [9.17, 15) is 28.0 Å². The molecule has 26 nitrogen and oxygen atoms in total. The summed E-state index contributed by atoms with van der Waals surface area (Å²) in [5.41, 5.74) is 6.02. The van der Waals surface area contributed by atoms with Crippen LogP contribution in [-0.4, -0.2) is 136 Å². The Labute approximate surface area is 681 Å². The number of halogens is 4. The van der Waals surface area contributed by atoms with Crippen molar-refractivity contribution in [3.8, 4) is 57.6 Å². The van der Waals surface area contributed by atoms with E-state index in [4.69, 9.17) is 32.7 Å². The van der Waals surface area contributed by atoms with E-state index < -0.39 is 30.6 Å². The number of thioether (sulfide) groups is 4. The number of hydrogen-bond acceptors (Lipinski definition) is 22. The third-order valence-corrected chi connectivity index (χ3v) is 22.0. The van der Waals surface area contributed by atoms with Gasteiger partial charge in [-0.3, -0.25) is 34.1 Å². The average molecular weight is 1650 g/mol. The number of benzene rings is 4. The molecule has 590 valence electrons. The maximum Gasteiger partial charge on any atom is 0.240 e. The van der Waals surface area contributed by atoms with Crippen LogP contribution in [0.2, 0.25) is 10.0 Å². The number of aromatic nitrogens is 16. The number of amides is 4. The molecule has 0 radical (unpaired) electrons. The summed E-state index contributed by atoms with van der Waals surface area (Å²) in [6.07, 6.45) is 5.72. The summed E-state index contributed by atoms with van der Waals surface area (Å²) in [5, 5.41) is 48.9. The summed E-state index contributed by atoms with van der Waals surface area (Å²) in [7, 11) is 3.24. The van der Waals surface area contributed by atoms with E-state index in [1.54, 1.807) is 69.3 Å². The summed E-state index contributed by atoms with van der Waals surface area (Å²) in [5.74, 6) is 1.07. The van der Waals surface area contributed by atoms with Crippen molar-refractivity contribution in [3.63, 3.8) is 0 Å². The second kappa shape index (κ2) is 39.2. The van der Waals surface area contributed by atoms with Gasteiger partial charge in [0.05, 0.1) is 49.4 Å². The summed E-state index contributed by atoms with van der Waals surface area (Å²) in [4.78, 5) is 68.1. The highest BCUT2D eigenvalue weighted by Crippen LogP contribution is 2.40. The van der Waals surface area contributed by atoms with Gasteiger partial charge < -0.3 is 49.0 Å². The molecular formula is C79H86Cl2F2N20O6S4. The Morgan fingerprint density at radius 3 is 1.01 bits per heavy atom. The Bertz CT molecular complexity index is 5070. The van der Waals surface area contributed by atoms with Crippen molar-refractivity contribution < 1.29 is 37.4 Å². The number of pyridine rings is 4. The van der Waals surface area contributed by atoms with Crippen LogP contribution in [0.5, 0.6) is 11.5 Å². The molecule has 12 rings (SSSR count). The number of carbonyl (C=O) groups excluding carboxylic acids is 4. The lowest BCUT2D eigenvalue weighted by molar-refractivity contribution is -0.118. The van der Waals surface area contributed by atoms with Crippen LogP contribution in [0, 0.1) is 18.6 Å². The number of methoxy groups -OCH3 is 2. The van der Waals surface area contributed by atoms with Gasteiger partial charge in [-0.1, -0.05) is 143 Å². The van der Waals surface area contributed by atoms with Crippen molar-refractivity contribution >= 4 is 117 Å². The van der Waals surface area contributed by atoms with Crippen LogP contribution in [0.25, 0.3) is 46.1 Å². The predicted molar refractivity (Wildman–Crippen MR) is 444 cm³/mol. The highest BCUT2D eigenvalue weighted by Gasteiger charge is 2.37. The van der Waals surface area contributed by atoms with Crippen LogP contribution in [0.15, 0.2) is 197 Å². The molecule has 0 saturated heterocycles. The average Bonchev–Trinajstić information content (AvgIpc) is 1.67. The first-order valence-electron chi connectivity index (χ1n) is 35.5. The Hall–Kier alpha value is -10.6. The molecule has 0 atom stereocenters. The number of aryl methyl sites for hydroxylation is 1. The molecule has 0 spiro atoms. The lowest BCUT2D eigenvalue weighted by Gasteiger charge is -2.22. The molecule has 113 heavy (non-hydrogen) atoms. The topological polar surface area (TPSA) is 309 Å². The summed E-state index contributed by atoms with van der Waals surface area (Å²) >= 11 is 17.4. The third kappa shape index (κ3) is 22.6. The summed E-state index contributed by atoms with van der Waals surface area (Å²) in [6.45, 7) is 26.9. The minimum Gasteiger partial charge on any atom is -0.497 e. The zero-order valence-electron chi connectivity index (χ0n) is 64.8. The monoisotopic (exact) mass is 1650 g/mol. The van der Waals surface area contributed by atoms with Crippen molar-refractivity contribution in [1.82, 2.24) is 79.0 Å². The molecule has 4 N–H and O–H groups in total. The molecule has 0 aliphatic rings. The summed E-state index contributed by atoms with van der Waals surface area (Å²) < 4.78 is 41.8. The Kier molecular flexibility index (Phi) is 30.0. The SMILES string of the molecule is CCn1c(SC(C)(C)C(=O)Nc2ccccc2)nnc1-c1cc(Cl)c(Cl)cn1.CCn1c(SC(C)(C)C(=O)Nc2ccccc2)nnc1-c1cc(F)c(F)cn1.CCn1c(SC(C)(C)C(=O)Nc2ccccc2)nnc1-c1cc(OC)c(C)cn1.CCn1c(SC(C)(C)C(=O)Nc2ccccc2)nnc1-c1cc(OC)ccn1. The van der Waals surface area contributed by atoms with Gasteiger partial charge in [-0.2, -0.15) is 0 Å². The molecule has 34 heteroatoms. The lowest BCUT2D eigenvalue weighted by atomic mass is 10.2. The minimum atomic E-state index is -1.03. The van der Waals surface area contributed by atoms with E-state index in [0.717, 1.165) is 40.6 Å². The summed E-state index contributed by atoms with van der Waals surface area (Å²) in [6, 6.07) is 45.4. The number of rotatable bonds is 26. The van der Waals surface area contributed by atoms with E-state index >= 15 is 0 Å². The smallest absolute Gasteiger partial charge is 0.240 e. The molecule has 0 aliphatic carbocycles. The van der Waals surface area contributed by atoms with Gasteiger partial charge in [0.1, 0.15) is 34.3 Å². The zero-order chi connectivity index (χ0) is 81.8. The van der Waals surface area contributed by atoms with Gasteiger partial charge >= 0.3 is 0 Å². The number of para-hydroxylation sites is 4. The van der Waals surface area contributed by atoms with Crippen LogP contribution < -0.4 is 30.7 Å². The first-order valence-corrected chi connectivity index (χ1v) is 39.5. The normalized spacial score (nSPS) is 11.4. The Morgan fingerprint density at radius 2 is 0.699 bits per heavy atom. The third-order valence-electron chi connectivity index (χ3n) is 16.6. The highest BCUT2D eigenvalue weighted by molar-refractivity contribution is 8.02. The standard InChI is InChI=1S/C21H25N5O2S.C20H23N5O2S.C19H19Cl2N5OS.C19H19F2N5OS/c1-6-26-18(16-12-17(28-5)14(2)13-22-16)24-25-20(26)29-21(3,4)19(27)23-15-10-8-7-9-11-15;1-5-25-17(16-13-15(27-4)11-12-21-16)23-24-19(25)28-20(2,3)18(26)22-14-9-7-6-8-10-14;2*1-4-26-16(15-10-13(20)14(21)11-22-15)24-25-18(26)28-19(2,3)17(27)23-12-8-6-5-7-9-12/h7-13H,6H2,1-5H3,(H,23,27);6-13H,5H2,1-4H3,(H,22,26);2*5-11H,4H2,1-3H3,(H,23,27).